The zero-order chi connectivity index (χ0) is 11.1. The van der Waals surface area contributed by atoms with Gasteiger partial charge in [0.1, 0.15) is 6.29 Å². The fraction of sp³-hybridized carbons (Fsp3) is 0.700. The molecule has 0 aromatic rings. The number of allylic oxidation sites excluding steroid dienone is 1. The summed E-state index contributed by atoms with van der Waals surface area (Å²) in [4.78, 5) is 11.7. The van der Waals surface area contributed by atoms with E-state index in [-0.39, 0.29) is 0 Å². The SMILES string of the molecule is CC.CN(C)C/C=C/C=O.CNC. The largest absolute Gasteiger partial charge is 0.323 e. The van der Waals surface area contributed by atoms with Crippen molar-refractivity contribution in [3.05, 3.63) is 12.2 Å². The minimum Gasteiger partial charge on any atom is -0.323 e. The normalized spacial score (nSPS) is 8.54. The lowest BCUT2D eigenvalue weighted by molar-refractivity contribution is -0.104. The van der Waals surface area contributed by atoms with Crippen LogP contribution < -0.4 is 5.32 Å². The Morgan fingerprint density at radius 2 is 1.62 bits per heavy atom. The zero-order valence-electron chi connectivity index (χ0n) is 9.79. The molecule has 0 amide bonds. The van der Waals surface area contributed by atoms with Crippen LogP contribution in [0.15, 0.2) is 12.2 Å². The highest BCUT2D eigenvalue weighted by Gasteiger charge is 1.78. The molecule has 1 N–H and O–H groups in total. The van der Waals surface area contributed by atoms with E-state index in [2.05, 4.69) is 5.32 Å². The maximum absolute atomic E-state index is 9.68. The van der Waals surface area contributed by atoms with E-state index < -0.39 is 0 Å². The number of likely N-dealkylation sites (N-methyl/N-ethyl adjacent to an activating group) is 1. The second-order valence-corrected chi connectivity index (χ2v) is 2.33. The third-order valence-corrected chi connectivity index (χ3v) is 0.685. The second kappa shape index (κ2) is 22.5. The molecule has 0 bridgehead atoms. The average molecular weight is 188 g/mol. The molecule has 0 heterocycles. The van der Waals surface area contributed by atoms with Gasteiger partial charge in [0.05, 0.1) is 0 Å². The summed E-state index contributed by atoms with van der Waals surface area (Å²) < 4.78 is 0. The molecule has 0 unspecified atom stereocenters. The first-order chi connectivity index (χ1) is 6.18. The van der Waals surface area contributed by atoms with E-state index >= 15 is 0 Å². The van der Waals surface area contributed by atoms with E-state index in [1.807, 2.05) is 53.0 Å². The van der Waals surface area contributed by atoms with Crippen molar-refractivity contribution in [2.24, 2.45) is 0 Å². The fourth-order valence-electron chi connectivity index (χ4n) is 0.327. The Balaban J connectivity index is -0.000000169. The van der Waals surface area contributed by atoms with Gasteiger partial charge in [-0.25, -0.2) is 0 Å². The van der Waals surface area contributed by atoms with Crippen LogP contribution in [-0.2, 0) is 4.79 Å². The summed E-state index contributed by atoms with van der Waals surface area (Å²) in [6, 6.07) is 0. The molecule has 0 aliphatic carbocycles. The fourth-order valence-corrected chi connectivity index (χ4v) is 0.327. The first-order valence-electron chi connectivity index (χ1n) is 4.52. The molecule has 0 fully saturated rings. The first kappa shape index (κ1) is 18.2. The van der Waals surface area contributed by atoms with Crippen molar-refractivity contribution in [3.63, 3.8) is 0 Å². The van der Waals surface area contributed by atoms with Gasteiger partial charge < -0.3 is 10.2 Å². The van der Waals surface area contributed by atoms with Crippen LogP contribution in [0.1, 0.15) is 13.8 Å². The molecule has 80 valence electrons. The molecule has 0 saturated heterocycles. The molecule has 3 nitrogen and oxygen atoms in total. The van der Waals surface area contributed by atoms with Gasteiger partial charge in [-0.2, -0.15) is 0 Å². The van der Waals surface area contributed by atoms with Crippen molar-refractivity contribution < 1.29 is 4.79 Å². The minimum absolute atomic E-state index is 0.781. The van der Waals surface area contributed by atoms with E-state index in [1.165, 1.54) is 6.08 Å². The van der Waals surface area contributed by atoms with Crippen molar-refractivity contribution in [3.8, 4) is 0 Å². The van der Waals surface area contributed by atoms with Crippen molar-refractivity contribution in [1.82, 2.24) is 10.2 Å². The first-order valence-corrected chi connectivity index (χ1v) is 4.52. The summed E-state index contributed by atoms with van der Waals surface area (Å²) >= 11 is 0. The molecule has 13 heavy (non-hydrogen) atoms. The lowest BCUT2D eigenvalue weighted by Crippen LogP contribution is -2.10. The zero-order valence-corrected chi connectivity index (χ0v) is 9.79. The topological polar surface area (TPSA) is 32.3 Å². The number of nitrogens with one attached hydrogen (secondary N) is 1. The Morgan fingerprint density at radius 1 is 1.23 bits per heavy atom. The van der Waals surface area contributed by atoms with Crippen LogP contribution in [-0.4, -0.2) is 45.9 Å². The van der Waals surface area contributed by atoms with E-state index in [0.717, 1.165) is 12.8 Å². The molecule has 0 atom stereocenters. The van der Waals surface area contributed by atoms with Crippen LogP contribution in [0.3, 0.4) is 0 Å². The van der Waals surface area contributed by atoms with Gasteiger partial charge in [-0.1, -0.05) is 19.9 Å². The standard InChI is InChI=1S/C6H11NO.C2H7N.C2H6/c1-7(2)5-3-4-6-8;1-3-2;1-2/h3-4,6H,5H2,1-2H3;3H,1-2H3;1-2H3/b4-3+;;. The lowest BCUT2D eigenvalue weighted by atomic mass is 10.5. The van der Waals surface area contributed by atoms with Crippen molar-refractivity contribution >= 4 is 6.29 Å². The van der Waals surface area contributed by atoms with Gasteiger partial charge in [-0.15, -0.1) is 0 Å². The predicted molar refractivity (Wildman–Crippen MR) is 60.1 cm³/mol. The molecule has 0 aromatic carbocycles. The molecular formula is C10H24N2O. The quantitative estimate of drug-likeness (QED) is 0.533. The van der Waals surface area contributed by atoms with Gasteiger partial charge in [0.15, 0.2) is 0 Å². The lowest BCUT2D eigenvalue weighted by Gasteiger charge is -2.01. The molecule has 0 radical (unpaired) electrons. The molecule has 3 heteroatoms. The molecule has 0 rings (SSSR count). The third-order valence-electron chi connectivity index (χ3n) is 0.685. The van der Waals surface area contributed by atoms with Gasteiger partial charge in [-0.3, -0.25) is 4.79 Å². The van der Waals surface area contributed by atoms with Gasteiger partial charge >= 0.3 is 0 Å². The highest BCUT2D eigenvalue weighted by molar-refractivity contribution is 5.64. The number of nitrogens with zero attached hydrogens (tertiary/aromatic N) is 1. The van der Waals surface area contributed by atoms with Crippen molar-refractivity contribution in [1.29, 1.82) is 0 Å². The number of aldehydes is 1. The van der Waals surface area contributed by atoms with Crippen LogP contribution in [0.5, 0.6) is 0 Å². The van der Waals surface area contributed by atoms with Gasteiger partial charge in [0, 0.05) is 6.54 Å². The number of rotatable bonds is 3. The third kappa shape index (κ3) is 52.6. The molecule has 0 aromatic heterocycles. The number of carbonyl (C=O) groups is 1. The predicted octanol–water partition coefficient (Wildman–Crippen LogP) is 1.16. The Labute approximate surface area is 82.8 Å². The summed E-state index contributed by atoms with van der Waals surface area (Å²) in [7, 11) is 7.66. The van der Waals surface area contributed by atoms with Crippen molar-refractivity contribution in [2.45, 2.75) is 13.8 Å². The van der Waals surface area contributed by atoms with Crippen molar-refractivity contribution in [2.75, 3.05) is 34.7 Å². The highest BCUT2D eigenvalue weighted by Crippen LogP contribution is 1.73. The van der Waals surface area contributed by atoms with E-state index in [9.17, 15) is 4.79 Å². The van der Waals surface area contributed by atoms with Gasteiger partial charge in [0.25, 0.3) is 0 Å². The molecule has 0 aliphatic rings. The van der Waals surface area contributed by atoms with Crippen LogP contribution >= 0.6 is 0 Å². The van der Waals surface area contributed by atoms with Crippen LogP contribution in [0.25, 0.3) is 0 Å². The Bertz CT molecular complexity index is 101. The monoisotopic (exact) mass is 188 g/mol. The average Bonchev–Trinajstić information content (AvgIpc) is 2.09. The smallest absolute Gasteiger partial charge is 0.142 e. The van der Waals surface area contributed by atoms with Gasteiger partial charge in [0.2, 0.25) is 0 Å². The maximum atomic E-state index is 9.68. The Hall–Kier alpha value is -0.670. The Morgan fingerprint density at radius 3 is 1.85 bits per heavy atom. The molecule has 0 saturated carbocycles. The molecule has 0 aliphatic heterocycles. The summed E-state index contributed by atoms with van der Waals surface area (Å²) in [5.74, 6) is 0. The minimum atomic E-state index is 0.781. The number of carbonyl (C=O) groups excluding carboxylic acids is 1. The van der Waals surface area contributed by atoms with E-state index in [0.29, 0.717) is 0 Å². The number of hydrogen-bond acceptors (Lipinski definition) is 3. The summed E-state index contributed by atoms with van der Waals surface area (Å²) in [5.41, 5.74) is 0. The maximum Gasteiger partial charge on any atom is 0.142 e. The van der Waals surface area contributed by atoms with E-state index in [1.54, 1.807) is 0 Å². The van der Waals surface area contributed by atoms with E-state index in [4.69, 9.17) is 0 Å². The summed E-state index contributed by atoms with van der Waals surface area (Å²) in [6.45, 7) is 4.83. The second-order valence-electron chi connectivity index (χ2n) is 2.33. The van der Waals surface area contributed by atoms with Crippen LogP contribution in [0.2, 0.25) is 0 Å². The highest BCUT2D eigenvalue weighted by atomic mass is 16.1. The summed E-state index contributed by atoms with van der Waals surface area (Å²) in [5, 5.41) is 2.75. The van der Waals surface area contributed by atoms with Crippen LogP contribution in [0.4, 0.5) is 0 Å². The Kier molecular flexibility index (Phi) is 31.5. The van der Waals surface area contributed by atoms with Crippen LogP contribution in [0, 0.1) is 0 Å². The summed E-state index contributed by atoms with van der Waals surface area (Å²) in [6.07, 6.45) is 4.09. The van der Waals surface area contributed by atoms with Gasteiger partial charge in [-0.05, 0) is 34.3 Å². The molecule has 0 spiro atoms. The molecular weight excluding hydrogens is 164 g/mol. The number of hydrogen-bond donors (Lipinski definition) is 1.